The molecular formula is C24H30F3N5O5. The van der Waals surface area contributed by atoms with Crippen LogP contribution in [0.25, 0.3) is 11.4 Å². The maximum Gasteiger partial charge on any atom is 0.409 e. The Labute approximate surface area is 211 Å². The van der Waals surface area contributed by atoms with Crippen LogP contribution in [0, 0.1) is 5.92 Å². The van der Waals surface area contributed by atoms with Gasteiger partial charge in [0.1, 0.15) is 23.7 Å². The first-order valence-electron chi connectivity index (χ1n) is 12.2. The van der Waals surface area contributed by atoms with Crippen LogP contribution in [0.4, 0.5) is 18.0 Å². The standard InChI is InChI=1S/C24H30F3N5O5/c1-31(11-16(25)22(26)27)24(35)36-12-18-21(29-30-32(18)2)17-8-9-19(20(28-17)13-6-7-13)37-15-5-3-4-14(10-15)23(33)34/h8-9,13-16,22H,3-7,10-12H2,1-2H3,(H,33,34). The van der Waals surface area contributed by atoms with Gasteiger partial charge in [-0.1, -0.05) is 5.21 Å². The average Bonchev–Trinajstić information content (AvgIpc) is 3.65. The highest BCUT2D eigenvalue weighted by Gasteiger charge is 2.33. The van der Waals surface area contributed by atoms with Crippen LogP contribution in [-0.2, 0) is 23.2 Å². The van der Waals surface area contributed by atoms with Crippen molar-refractivity contribution in [1.29, 1.82) is 0 Å². The Bertz CT molecular complexity index is 1130. The number of ether oxygens (including phenoxy) is 2. The van der Waals surface area contributed by atoms with Crippen LogP contribution in [0.15, 0.2) is 12.1 Å². The van der Waals surface area contributed by atoms with E-state index in [1.807, 2.05) is 0 Å². The van der Waals surface area contributed by atoms with Gasteiger partial charge in [-0.05, 0) is 50.7 Å². The molecule has 2 fully saturated rings. The van der Waals surface area contributed by atoms with Gasteiger partial charge in [0, 0.05) is 20.0 Å². The summed E-state index contributed by atoms with van der Waals surface area (Å²) in [5.41, 5.74) is 2.07. The van der Waals surface area contributed by atoms with E-state index in [0.717, 1.165) is 36.3 Å². The maximum absolute atomic E-state index is 13.3. The van der Waals surface area contributed by atoms with E-state index in [0.29, 0.717) is 35.7 Å². The smallest absolute Gasteiger partial charge is 0.409 e. The number of aryl methyl sites for hydroxylation is 1. The third-order valence-corrected chi connectivity index (χ3v) is 6.67. The third-order valence-electron chi connectivity index (χ3n) is 6.67. The summed E-state index contributed by atoms with van der Waals surface area (Å²) in [7, 11) is 2.78. The molecule has 0 radical (unpaired) electrons. The minimum absolute atomic E-state index is 0.197. The van der Waals surface area contributed by atoms with Crippen molar-refractivity contribution < 1.29 is 37.3 Å². The van der Waals surface area contributed by atoms with Gasteiger partial charge in [-0.2, -0.15) is 0 Å². The Morgan fingerprint density at radius 1 is 1.22 bits per heavy atom. The number of aromatic nitrogens is 4. The van der Waals surface area contributed by atoms with Gasteiger partial charge in [0.05, 0.1) is 30.0 Å². The first-order valence-corrected chi connectivity index (χ1v) is 12.2. The fourth-order valence-electron chi connectivity index (χ4n) is 4.39. The molecule has 2 aliphatic carbocycles. The molecule has 2 aromatic rings. The van der Waals surface area contributed by atoms with E-state index in [-0.39, 0.29) is 18.6 Å². The number of alkyl halides is 3. The van der Waals surface area contributed by atoms with Crippen molar-refractivity contribution in [3.05, 3.63) is 23.5 Å². The van der Waals surface area contributed by atoms with Crippen molar-refractivity contribution >= 4 is 12.1 Å². The Kier molecular flexibility index (Phi) is 8.18. The van der Waals surface area contributed by atoms with Gasteiger partial charge in [-0.3, -0.25) is 4.79 Å². The van der Waals surface area contributed by atoms with E-state index in [1.54, 1.807) is 19.2 Å². The molecule has 0 spiro atoms. The summed E-state index contributed by atoms with van der Waals surface area (Å²) in [6, 6.07) is 3.51. The Hall–Kier alpha value is -3.38. The molecule has 0 saturated heterocycles. The number of amides is 1. The fraction of sp³-hybridized carbons (Fsp3) is 0.625. The average molecular weight is 526 g/mol. The first-order chi connectivity index (χ1) is 17.6. The quantitative estimate of drug-likeness (QED) is 0.495. The lowest BCUT2D eigenvalue weighted by atomic mass is 9.87. The monoisotopic (exact) mass is 525 g/mol. The van der Waals surface area contributed by atoms with Gasteiger partial charge >= 0.3 is 12.1 Å². The predicted molar refractivity (Wildman–Crippen MR) is 124 cm³/mol. The Morgan fingerprint density at radius 2 is 1.97 bits per heavy atom. The number of nitrogens with zero attached hydrogens (tertiary/aromatic N) is 5. The van der Waals surface area contributed by atoms with Gasteiger partial charge in [-0.25, -0.2) is 27.6 Å². The molecule has 37 heavy (non-hydrogen) atoms. The predicted octanol–water partition coefficient (Wildman–Crippen LogP) is 3.95. The molecule has 10 nitrogen and oxygen atoms in total. The molecule has 0 aliphatic heterocycles. The zero-order valence-electron chi connectivity index (χ0n) is 20.6. The van der Waals surface area contributed by atoms with Crippen LogP contribution >= 0.6 is 0 Å². The lowest BCUT2D eigenvalue weighted by Crippen LogP contribution is -2.35. The number of halogens is 3. The second-order valence-electron chi connectivity index (χ2n) is 9.59. The lowest BCUT2D eigenvalue weighted by molar-refractivity contribution is -0.143. The molecule has 2 aromatic heterocycles. The van der Waals surface area contributed by atoms with E-state index >= 15 is 0 Å². The van der Waals surface area contributed by atoms with Crippen LogP contribution in [-0.4, -0.2) is 74.3 Å². The van der Waals surface area contributed by atoms with Crippen LogP contribution in [0.1, 0.15) is 55.8 Å². The minimum atomic E-state index is -3.20. The molecule has 2 heterocycles. The van der Waals surface area contributed by atoms with Crippen LogP contribution in [0.5, 0.6) is 5.75 Å². The second kappa shape index (κ2) is 11.3. The highest BCUT2D eigenvalue weighted by Crippen LogP contribution is 2.44. The zero-order valence-corrected chi connectivity index (χ0v) is 20.6. The van der Waals surface area contributed by atoms with E-state index in [9.17, 15) is 27.9 Å². The van der Waals surface area contributed by atoms with Crippen molar-refractivity contribution in [3.8, 4) is 17.1 Å². The molecule has 1 N–H and O–H groups in total. The largest absolute Gasteiger partial charge is 0.488 e. The van der Waals surface area contributed by atoms with Crippen molar-refractivity contribution in [3.63, 3.8) is 0 Å². The molecule has 1 amide bonds. The van der Waals surface area contributed by atoms with Gasteiger partial charge in [-0.15, -0.1) is 5.10 Å². The van der Waals surface area contributed by atoms with Crippen molar-refractivity contribution in [2.45, 2.75) is 69.8 Å². The summed E-state index contributed by atoms with van der Waals surface area (Å²) in [5, 5.41) is 17.5. The number of pyridine rings is 1. The fourth-order valence-corrected chi connectivity index (χ4v) is 4.39. The maximum atomic E-state index is 13.3. The highest BCUT2D eigenvalue weighted by atomic mass is 19.3. The molecule has 4 rings (SSSR count). The normalized spacial score (nSPS) is 20.5. The van der Waals surface area contributed by atoms with E-state index in [1.165, 1.54) is 11.7 Å². The number of hydrogen-bond acceptors (Lipinski definition) is 7. The summed E-state index contributed by atoms with van der Waals surface area (Å²) in [6.07, 6.45) is -2.23. The molecule has 3 unspecified atom stereocenters. The highest BCUT2D eigenvalue weighted by molar-refractivity contribution is 5.70. The number of carboxylic acid groups (broad SMARTS) is 1. The molecule has 3 atom stereocenters. The Morgan fingerprint density at radius 3 is 2.65 bits per heavy atom. The molecule has 2 saturated carbocycles. The molecule has 0 aromatic carbocycles. The first kappa shape index (κ1) is 26.7. The number of carboxylic acids is 1. The van der Waals surface area contributed by atoms with E-state index in [2.05, 4.69) is 10.3 Å². The van der Waals surface area contributed by atoms with Gasteiger partial charge < -0.3 is 19.5 Å². The second-order valence-corrected chi connectivity index (χ2v) is 9.59. The van der Waals surface area contributed by atoms with Gasteiger partial charge in [0.15, 0.2) is 6.17 Å². The molecule has 13 heteroatoms. The van der Waals surface area contributed by atoms with Crippen molar-refractivity contribution in [2.24, 2.45) is 13.0 Å². The van der Waals surface area contributed by atoms with Crippen LogP contribution < -0.4 is 4.74 Å². The van der Waals surface area contributed by atoms with E-state index < -0.39 is 37.1 Å². The van der Waals surface area contributed by atoms with E-state index in [4.69, 9.17) is 14.5 Å². The van der Waals surface area contributed by atoms with Crippen molar-refractivity contribution in [1.82, 2.24) is 24.9 Å². The summed E-state index contributed by atoms with van der Waals surface area (Å²) in [4.78, 5) is 29.1. The van der Waals surface area contributed by atoms with Gasteiger partial charge in [0.2, 0.25) is 0 Å². The molecule has 202 valence electrons. The number of aliphatic carboxylic acids is 1. The topological polar surface area (TPSA) is 120 Å². The minimum Gasteiger partial charge on any atom is -0.488 e. The number of rotatable bonds is 10. The van der Waals surface area contributed by atoms with Crippen LogP contribution in [0.3, 0.4) is 0 Å². The number of hydrogen-bond donors (Lipinski definition) is 1. The molecule has 2 aliphatic rings. The molecular weight excluding hydrogens is 495 g/mol. The molecule has 0 bridgehead atoms. The Balaban J connectivity index is 1.48. The number of carbonyl (C=O) groups is 2. The summed E-state index contributed by atoms with van der Waals surface area (Å²) in [6.45, 7) is -1.07. The van der Waals surface area contributed by atoms with Crippen molar-refractivity contribution in [2.75, 3.05) is 13.6 Å². The van der Waals surface area contributed by atoms with Gasteiger partial charge in [0.25, 0.3) is 6.43 Å². The summed E-state index contributed by atoms with van der Waals surface area (Å²) < 4.78 is 51.0. The number of carbonyl (C=O) groups excluding carboxylic acids is 1. The van der Waals surface area contributed by atoms with Crippen LogP contribution in [0.2, 0.25) is 0 Å². The summed E-state index contributed by atoms with van der Waals surface area (Å²) in [5.74, 6) is -0.361. The lowest BCUT2D eigenvalue weighted by Gasteiger charge is -2.28. The zero-order chi connectivity index (χ0) is 26.7. The third kappa shape index (κ3) is 6.50. The summed E-state index contributed by atoms with van der Waals surface area (Å²) >= 11 is 0. The SMILES string of the molecule is CN(CC(F)C(F)F)C(=O)OCc1c(-c2ccc(OC3CCCC(C(=O)O)C3)c(C3CC3)n2)nnn1C.